The lowest BCUT2D eigenvalue weighted by Crippen LogP contribution is -2.19. The first-order chi connectivity index (χ1) is 10.6. The molecule has 22 heavy (non-hydrogen) atoms. The number of carbonyl (C=O) groups excluding carboxylic acids is 1. The summed E-state index contributed by atoms with van der Waals surface area (Å²) in [5.74, 6) is 0.846. The van der Waals surface area contributed by atoms with E-state index in [2.05, 4.69) is 10.5 Å². The third-order valence-electron chi connectivity index (χ3n) is 2.70. The molecule has 2 aromatic rings. The van der Waals surface area contributed by atoms with Gasteiger partial charge in [-0.15, -0.1) is 11.8 Å². The molecule has 0 fully saturated rings. The second kappa shape index (κ2) is 8.83. The van der Waals surface area contributed by atoms with Crippen LogP contribution in [0.4, 0.5) is 0 Å². The van der Waals surface area contributed by atoms with Gasteiger partial charge < -0.3 is 0 Å². The van der Waals surface area contributed by atoms with Gasteiger partial charge in [0.15, 0.2) is 0 Å². The van der Waals surface area contributed by atoms with Gasteiger partial charge in [-0.05, 0) is 29.3 Å². The summed E-state index contributed by atoms with van der Waals surface area (Å²) in [6.45, 7) is 0. The van der Waals surface area contributed by atoms with Crippen molar-refractivity contribution in [1.29, 1.82) is 0 Å². The molecule has 6 heteroatoms. The SMILES string of the molecule is O=C(CSCc1ccccc1Cl)N/N=C\c1cccc(Cl)c1. The van der Waals surface area contributed by atoms with Gasteiger partial charge in [0.25, 0.3) is 0 Å². The van der Waals surface area contributed by atoms with Crippen LogP contribution in [0.25, 0.3) is 0 Å². The van der Waals surface area contributed by atoms with Gasteiger partial charge >= 0.3 is 0 Å². The number of amides is 1. The van der Waals surface area contributed by atoms with E-state index in [1.807, 2.05) is 36.4 Å². The number of carbonyl (C=O) groups is 1. The number of hydrazone groups is 1. The quantitative estimate of drug-likeness (QED) is 0.619. The summed E-state index contributed by atoms with van der Waals surface area (Å²) in [6, 6.07) is 14.8. The zero-order valence-electron chi connectivity index (χ0n) is 11.6. The lowest BCUT2D eigenvalue weighted by Gasteiger charge is -2.03. The number of halogens is 2. The van der Waals surface area contributed by atoms with E-state index in [1.54, 1.807) is 18.3 Å². The summed E-state index contributed by atoms with van der Waals surface area (Å²) in [5.41, 5.74) is 4.33. The summed E-state index contributed by atoms with van der Waals surface area (Å²) in [4.78, 5) is 11.7. The molecule has 1 N–H and O–H groups in total. The fraction of sp³-hybridized carbons (Fsp3) is 0.125. The fourth-order valence-corrected chi connectivity index (χ4v) is 2.97. The van der Waals surface area contributed by atoms with Crippen molar-refractivity contribution in [2.45, 2.75) is 5.75 Å². The number of hydrogen-bond acceptors (Lipinski definition) is 3. The smallest absolute Gasteiger partial charge is 0.250 e. The number of benzene rings is 2. The molecule has 0 aromatic heterocycles. The van der Waals surface area contributed by atoms with Crippen LogP contribution < -0.4 is 5.43 Å². The third-order valence-corrected chi connectivity index (χ3v) is 4.29. The topological polar surface area (TPSA) is 41.5 Å². The van der Waals surface area contributed by atoms with Crippen LogP contribution in [0.15, 0.2) is 53.6 Å². The van der Waals surface area contributed by atoms with Crippen molar-refractivity contribution in [1.82, 2.24) is 5.43 Å². The predicted molar refractivity (Wildman–Crippen MR) is 94.8 cm³/mol. The first kappa shape index (κ1) is 16.9. The van der Waals surface area contributed by atoms with Gasteiger partial charge in [0.05, 0.1) is 12.0 Å². The normalized spacial score (nSPS) is 10.8. The van der Waals surface area contributed by atoms with Crippen LogP contribution in [0.3, 0.4) is 0 Å². The van der Waals surface area contributed by atoms with E-state index in [0.29, 0.717) is 16.5 Å². The number of hydrogen-bond donors (Lipinski definition) is 1. The van der Waals surface area contributed by atoms with E-state index in [4.69, 9.17) is 23.2 Å². The molecule has 0 aliphatic carbocycles. The number of thioether (sulfide) groups is 1. The van der Waals surface area contributed by atoms with Gasteiger partial charge in [-0.1, -0.05) is 53.5 Å². The van der Waals surface area contributed by atoms with Gasteiger partial charge in [-0.25, -0.2) is 5.43 Å². The molecule has 0 saturated heterocycles. The molecule has 0 bridgehead atoms. The molecule has 0 aliphatic heterocycles. The molecule has 0 radical (unpaired) electrons. The average Bonchev–Trinajstić information content (AvgIpc) is 2.49. The highest BCUT2D eigenvalue weighted by molar-refractivity contribution is 7.99. The van der Waals surface area contributed by atoms with Gasteiger partial charge in [0.2, 0.25) is 5.91 Å². The second-order valence-corrected chi connectivity index (χ2v) is 6.26. The van der Waals surface area contributed by atoms with Crippen LogP contribution in [0, 0.1) is 0 Å². The Labute approximate surface area is 143 Å². The van der Waals surface area contributed by atoms with Crippen LogP contribution in [-0.2, 0) is 10.5 Å². The summed E-state index contributed by atoms with van der Waals surface area (Å²) in [5, 5.41) is 5.25. The average molecular weight is 353 g/mol. The predicted octanol–water partition coefficient (Wildman–Crippen LogP) is 4.38. The van der Waals surface area contributed by atoms with Crippen LogP contribution >= 0.6 is 35.0 Å². The highest BCUT2D eigenvalue weighted by atomic mass is 35.5. The lowest BCUT2D eigenvalue weighted by atomic mass is 10.2. The minimum Gasteiger partial charge on any atom is -0.272 e. The number of rotatable bonds is 6. The Morgan fingerprint density at radius 2 is 2.00 bits per heavy atom. The minimum atomic E-state index is -0.157. The minimum absolute atomic E-state index is 0.157. The maximum atomic E-state index is 11.7. The van der Waals surface area contributed by atoms with E-state index in [0.717, 1.165) is 16.1 Å². The molecule has 0 atom stereocenters. The molecule has 114 valence electrons. The molecular weight excluding hydrogens is 339 g/mol. The molecule has 2 rings (SSSR count). The second-order valence-electron chi connectivity index (χ2n) is 4.43. The van der Waals surface area contributed by atoms with Crippen molar-refractivity contribution in [2.24, 2.45) is 5.10 Å². The van der Waals surface area contributed by atoms with Gasteiger partial charge in [-0.3, -0.25) is 4.79 Å². The third kappa shape index (κ3) is 5.72. The Balaban J connectivity index is 1.73. The van der Waals surface area contributed by atoms with Crippen LogP contribution in [-0.4, -0.2) is 17.9 Å². The summed E-state index contributed by atoms with van der Waals surface area (Å²) < 4.78 is 0. The standard InChI is InChI=1S/C16H14Cl2N2OS/c17-14-6-3-4-12(8-14)9-19-20-16(21)11-22-10-13-5-1-2-7-15(13)18/h1-9H,10-11H2,(H,20,21)/b19-9-. The molecule has 0 saturated carbocycles. The molecule has 0 unspecified atom stereocenters. The van der Waals surface area contributed by atoms with Crippen molar-refractivity contribution < 1.29 is 4.79 Å². The van der Waals surface area contributed by atoms with Crippen molar-refractivity contribution in [2.75, 3.05) is 5.75 Å². The van der Waals surface area contributed by atoms with Crippen molar-refractivity contribution >= 4 is 47.1 Å². The number of nitrogens with zero attached hydrogens (tertiary/aromatic N) is 1. The molecule has 0 spiro atoms. The molecule has 3 nitrogen and oxygen atoms in total. The Kier molecular flexibility index (Phi) is 6.77. The Bertz CT molecular complexity index is 677. The van der Waals surface area contributed by atoms with Gasteiger partial charge in [0, 0.05) is 15.8 Å². The van der Waals surface area contributed by atoms with Gasteiger partial charge in [0.1, 0.15) is 0 Å². The summed E-state index contributed by atoms with van der Waals surface area (Å²) in [6.07, 6.45) is 1.56. The zero-order valence-corrected chi connectivity index (χ0v) is 14.0. The summed E-state index contributed by atoms with van der Waals surface area (Å²) >= 11 is 13.4. The van der Waals surface area contributed by atoms with Crippen molar-refractivity contribution in [3.8, 4) is 0 Å². The summed E-state index contributed by atoms with van der Waals surface area (Å²) in [7, 11) is 0. The highest BCUT2D eigenvalue weighted by Gasteiger charge is 2.03. The lowest BCUT2D eigenvalue weighted by molar-refractivity contribution is -0.118. The maximum Gasteiger partial charge on any atom is 0.250 e. The Morgan fingerprint density at radius 3 is 2.77 bits per heavy atom. The van der Waals surface area contributed by atoms with Crippen LogP contribution in [0.5, 0.6) is 0 Å². The van der Waals surface area contributed by atoms with Crippen molar-refractivity contribution in [3.63, 3.8) is 0 Å². The largest absolute Gasteiger partial charge is 0.272 e. The molecule has 1 amide bonds. The number of nitrogens with one attached hydrogen (secondary N) is 1. The van der Waals surface area contributed by atoms with Crippen LogP contribution in [0.2, 0.25) is 10.0 Å². The highest BCUT2D eigenvalue weighted by Crippen LogP contribution is 2.20. The van der Waals surface area contributed by atoms with E-state index in [9.17, 15) is 4.79 Å². The first-order valence-electron chi connectivity index (χ1n) is 6.54. The maximum absolute atomic E-state index is 11.7. The first-order valence-corrected chi connectivity index (χ1v) is 8.45. The van der Waals surface area contributed by atoms with E-state index >= 15 is 0 Å². The Morgan fingerprint density at radius 1 is 1.18 bits per heavy atom. The van der Waals surface area contributed by atoms with E-state index in [-0.39, 0.29) is 5.91 Å². The monoisotopic (exact) mass is 352 g/mol. The van der Waals surface area contributed by atoms with Crippen LogP contribution in [0.1, 0.15) is 11.1 Å². The molecular formula is C16H14Cl2N2OS. The fourth-order valence-electron chi connectivity index (χ4n) is 1.67. The van der Waals surface area contributed by atoms with Gasteiger partial charge in [-0.2, -0.15) is 5.10 Å². The molecule has 2 aromatic carbocycles. The van der Waals surface area contributed by atoms with Crippen molar-refractivity contribution in [3.05, 3.63) is 69.7 Å². The molecule has 0 aliphatic rings. The van der Waals surface area contributed by atoms with E-state index in [1.165, 1.54) is 11.8 Å². The zero-order chi connectivity index (χ0) is 15.8. The Hall–Kier alpha value is -1.49. The van der Waals surface area contributed by atoms with E-state index < -0.39 is 0 Å². The molecule has 0 heterocycles.